The Morgan fingerprint density at radius 2 is 2.00 bits per heavy atom. The van der Waals surface area contributed by atoms with Gasteiger partial charge in [0.15, 0.2) is 6.61 Å². The summed E-state index contributed by atoms with van der Waals surface area (Å²) in [6.07, 6.45) is 0. The van der Waals surface area contributed by atoms with Gasteiger partial charge in [0.25, 0.3) is 5.91 Å². The number of nitrogens with two attached hydrogens (primary N) is 1. The molecule has 1 amide bonds. The summed E-state index contributed by atoms with van der Waals surface area (Å²) in [6, 6.07) is 10.4. The molecule has 2 aromatic carbocycles. The molecule has 0 aliphatic heterocycles. The number of hydrogen-bond donors (Lipinski definition) is 1. The molecular weight excluding hydrogens is 347 g/mol. The summed E-state index contributed by atoms with van der Waals surface area (Å²) in [4.78, 5) is 25.7. The van der Waals surface area contributed by atoms with E-state index in [0.717, 1.165) is 0 Å². The Hall–Kier alpha value is -2.60. The average molecular weight is 365 g/mol. The average Bonchev–Trinajstić information content (AvgIpc) is 2.57. The van der Waals surface area contributed by atoms with E-state index in [-0.39, 0.29) is 29.5 Å². The van der Waals surface area contributed by atoms with Crippen molar-refractivity contribution in [2.45, 2.75) is 13.5 Å². The summed E-state index contributed by atoms with van der Waals surface area (Å²) in [5.74, 6) is -1.46. The lowest BCUT2D eigenvalue weighted by atomic mass is 10.2. The van der Waals surface area contributed by atoms with Crippen molar-refractivity contribution in [3.63, 3.8) is 0 Å². The van der Waals surface area contributed by atoms with Crippen LogP contribution in [0.3, 0.4) is 0 Å². The molecule has 132 valence electrons. The second-order valence-electron chi connectivity index (χ2n) is 5.35. The molecule has 0 saturated carbocycles. The first kappa shape index (κ1) is 18.7. The second kappa shape index (κ2) is 8.48. The Labute approximate surface area is 150 Å². The third kappa shape index (κ3) is 5.19. The summed E-state index contributed by atoms with van der Waals surface area (Å²) in [5, 5.41) is 0.400. The molecule has 7 heteroatoms. The van der Waals surface area contributed by atoms with Gasteiger partial charge in [-0.1, -0.05) is 23.7 Å². The maximum atomic E-state index is 13.2. The van der Waals surface area contributed by atoms with Gasteiger partial charge in [-0.2, -0.15) is 0 Å². The van der Waals surface area contributed by atoms with Gasteiger partial charge < -0.3 is 15.4 Å². The molecule has 0 spiro atoms. The Balaban J connectivity index is 1.96. The van der Waals surface area contributed by atoms with E-state index in [9.17, 15) is 14.0 Å². The molecule has 2 N–H and O–H groups in total. The van der Waals surface area contributed by atoms with Gasteiger partial charge in [0.05, 0.1) is 5.56 Å². The first-order valence-electron chi connectivity index (χ1n) is 7.65. The van der Waals surface area contributed by atoms with Crippen molar-refractivity contribution in [3.05, 3.63) is 64.4 Å². The largest absolute Gasteiger partial charge is 0.452 e. The van der Waals surface area contributed by atoms with Crippen LogP contribution in [0.2, 0.25) is 5.02 Å². The summed E-state index contributed by atoms with van der Waals surface area (Å²) < 4.78 is 18.3. The minimum Gasteiger partial charge on any atom is -0.452 e. The van der Waals surface area contributed by atoms with Crippen molar-refractivity contribution >= 4 is 29.2 Å². The van der Waals surface area contributed by atoms with Gasteiger partial charge in [-0.15, -0.1) is 0 Å². The molecule has 0 saturated heterocycles. The molecule has 0 atom stereocenters. The number of amides is 1. The first-order chi connectivity index (χ1) is 11.9. The highest BCUT2D eigenvalue weighted by molar-refractivity contribution is 6.31. The highest BCUT2D eigenvalue weighted by Gasteiger charge is 2.17. The van der Waals surface area contributed by atoms with E-state index >= 15 is 0 Å². The third-order valence-electron chi connectivity index (χ3n) is 3.56. The van der Waals surface area contributed by atoms with E-state index in [1.807, 2.05) is 0 Å². The smallest absolute Gasteiger partial charge is 0.340 e. The van der Waals surface area contributed by atoms with Crippen molar-refractivity contribution in [2.24, 2.45) is 0 Å². The van der Waals surface area contributed by atoms with Crippen molar-refractivity contribution < 1.29 is 18.7 Å². The Morgan fingerprint density at radius 1 is 1.24 bits per heavy atom. The van der Waals surface area contributed by atoms with Gasteiger partial charge in [-0.25, -0.2) is 9.18 Å². The van der Waals surface area contributed by atoms with Crippen LogP contribution in [0, 0.1) is 5.82 Å². The van der Waals surface area contributed by atoms with E-state index in [2.05, 4.69) is 0 Å². The molecule has 25 heavy (non-hydrogen) atoms. The number of esters is 1. The third-order valence-corrected chi connectivity index (χ3v) is 3.79. The summed E-state index contributed by atoms with van der Waals surface area (Å²) >= 11 is 5.78. The quantitative estimate of drug-likeness (QED) is 0.630. The topological polar surface area (TPSA) is 72.6 Å². The van der Waals surface area contributed by atoms with Crippen molar-refractivity contribution in [3.8, 4) is 0 Å². The fraction of sp³-hybridized carbons (Fsp3) is 0.222. The zero-order valence-corrected chi connectivity index (χ0v) is 14.4. The number of anilines is 1. The fourth-order valence-electron chi connectivity index (χ4n) is 2.25. The van der Waals surface area contributed by atoms with Crippen molar-refractivity contribution in [1.82, 2.24) is 4.90 Å². The Bertz CT molecular complexity index is 783. The van der Waals surface area contributed by atoms with Crippen LogP contribution in [-0.2, 0) is 16.1 Å². The number of halogens is 2. The maximum absolute atomic E-state index is 13.2. The molecular formula is C18H18ClFN2O3. The molecule has 0 fully saturated rings. The second-order valence-corrected chi connectivity index (χ2v) is 5.78. The summed E-state index contributed by atoms with van der Waals surface area (Å²) in [6.45, 7) is 1.99. The molecule has 0 unspecified atom stereocenters. The predicted molar refractivity (Wildman–Crippen MR) is 93.6 cm³/mol. The molecule has 0 heterocycles. The molecule has 0 aromatic heterocycles. The first-order valence-corrected chi connectivity index (χ1v) is 8.03. The highest BCUT2D eigenvalue weighted by atomic mass is 35.5. The van der Waals surface area contributed by atoms with Crippen LogP contribution in [-0.4, -0.2) is 29.9 Å². The number of carbonyl (C=O) groups is 2. The van der Waals surface area contributed by atoms with E-state index in [1.165, 1.54) is 35.2 Å². The van der Waals surface area contributed by atoms with E-state index in [4.69, 9.17) is 22.1 Å². The van der Waals surface area contributed by atoms with Crippen LogP contribution in [0.5, 0.6) is 0 Å². The van der Waals surface area contributed by atoms with Gasteiger partial charge in [0.2, 0.25) is 0 Å². The van der Waals surface area contributed by atoms with Crippen LogP contribution in [0.25, 0.3) is 0 Å². The summed E-state index contributed by atoms with van der Waals surface area (Å²) in [5.41, 5.74) is 6.69. The monoisotopic (exact) mass is 364 g/mol. The van der Waals surface area contributed by atoms with Crippen LogP contribution in [0.1, 0.15) is 22.8 Å². The standard InChI is InChI=1S/C18H18ClFN2O3/c1-2-22(10-12-4-3-5-14(20)8-12)17(23)11-25-18(24)15-7-6-13(19)9-16(15)21/h3-9H,2,10-11,21H2,1H3. The number of nitrogen functional groups attached to an aromatic ring is 1. The number of carbonyl (C=O) groups excluding carboxylic acids is 2. The van der Waals surface area contributed by atoms with Crippen molar-refractivity contribution in [1.29, 1.82) is 0 Å². The number of hydrogen-bond acceptors (Lipinski definition) is 4. The SMILES string of the molecule is CCN(Cc1cccc(F)c1)C(=O)COC(=O)c1ccc(Cl)cc1N. The summed E-state index contributed by atoms with van der Waals surface area (Å²) in [7, 11) is 0. The van der Waals surface area contributed by atoms with E-state index in [0.29, 0.717) is 17.1 Å². The minimum atomic E-state index is -0.704. The number of rotatable bonds is 6. The number of ether oxygens (including phenoxy) is 1. The molecule has 0 radical (unpaired) electrons. The molecule has 5 nitrogen and oxygen atoms in total. The van der Waals surface area contributed by atoms with E-state index in [1.54, 1.807) is 19.1 Å². The Kier molecular flexibility index (Phi) is 6.36. The molecule has 0 aliphatic carbocycles. The lowest BCUT2D eigenvalue weighted by Crippen LogP contribution is -2.34. The van der Waals surface area contributed by atoms with Gasteiger partial charge in [0, 0.05) is 23.8 Å². The van der Waals surface area contributed by atoms with Crippen LogP contribution in [0.15, 0.2) is 42.5 Å². The molecule has 2 rings (SSSR count). The maximum Gasteiger partial charge on any atom is 0.340 e. The number of benzene rings is 2. The van der Waals surface area contributed by atoms with E-state index < -0.39 is 12.6 Å². The fourth-order valence-corrected chi connectivity index (χ4v) is 2.43. The predicted octanol–water partition coefficient (Wildman–Crippen LogP) is 3.27. The van der Waals surface area contributed by atoms with Gasteiger partial charge >= 0.3 is 5.97 Å². The zero-order chi connectivity index (χ0) is 18.4. The van der Waals surface area contributed by atoms with Crippen LogP contribution < -0.4 is 5.73 Å². The molecule has 0 aliphatic rings. The lowest BCUT2D eigenvalue weighted by Gasteiger charge is -2.21. The lowest BCUT2D eigenvalue weighted by molar-refractivity contribution is -0.134. The van der Waals surface area contributed by atoms with Gasteiger partial charge in [0.1, 0.15) is 5.82 Å². The number of nitrogens with zero attached hydrogens (tertiary/aromatic N) is 1. The zero-order valence-electron chi connectivity index (χ0n) is 13.7. The normalized spacial score (nSPS) is 10.4. The van der Waals surface area contributed by atoms with Crippen LogP contribution in [0.4, 0.5) is 10.1 Å². The van der Waals surface area contributed by atoms with Crippen LogP contribution >= 0.6 is 11.6 Å². The Morgan fingerprint density at radius 3 is 2.64 bits per heavy atom. The van der Waals surface area contributed by atoms with Crippen molar-refractivity contribution in [2.75, 3.05) is 18.9 Å². The molecule has 2 aromatic rings. The molecule has 0 bridgehead atoms. The van der Waals surface area contributed by atoms with Gasteiger partial charge in [-0.05, 0) is 42.8 Å². The number of likely N-dealkylation sites (N-methyl/N-ethyl adjacent to an activating group) is 1. The highest BCUT2D eigenvalue weighted by Crippen LogP contribution is 2.18. The minimum absolute atomic E-state index is 0.144. The van der Waals surface area contributed by atoms with Gasteiger partial charge in [-0.3, -0.25) is 4.79 Å².